The van der Waals surface area contributed by atoms with Crippen molar-refractivity contribution in [3.05, 3.63) is 54.0 Å². The summed E-state index contributed by atoms with van der Waals surface area (Å²) in [6, 6.07) is 13.9. The molecule has 7 heteroatoms. The van der Waals surface area contributed by atoms with Gasteiger partial charge in [0, 0.05) is 18.7 Å². The van der Waals surface area contributed by atoms with Gasteiger partial charge in [-0.1, -0.05) is 35.5 Å². The third kappa shape index (κ3) is 2.83. The van der Waals surface area contributed by atoms with Gasteiger partial charge in [-0.05, 0) is 17.5 Å². The molecule has 0 saturated carbocycles. The molecular weight excluding hydrogens is 310 g/mol. The summed E-state index contributed by atoms with van der Waals surface area (Å²) in [6.07, 6.45) is 1.94. The lowest BCUT2D eigenvalue weighted by Gasteiger charge is -2.38. The van der Waals surface area contributed by atoms with Crippen LogP contribution in [0.2, 0.25) is 0 Å². The van der Waals surface area contributed by atoms with E-state index in [4.69, 9.17) is 0 Å². The highest BCUT2D eigenvalue weighted by Crippen LogP contribution is 2.24. The maximum atomic E-state index is 12.1. The van der Waals surface area contributed by atoms with Gasteiger partial charge < -0.3 is 4.90 Å². The number of anilines is 1. The third-order valence-corrected chi connectivity index (χ3v) is 4.64. The molecule has 1 N–H and O–H groups in total. The van der Waals surface area contributed by atoms with E-state index in [1.165, 1.54) is 11.3 Å². The van der Waals surface area contributed by atoms with E-state index < -0.39 is 0 Å². The number of thiophene rings is 1. The van der Waals surface area contributed by atoms with Gasteiger partial charge in [0.25, 0.3) is 0 Å². The molecule has 1 aliphatic heterocycles. The van der Waals surface area contributed by atoms with E-state index in [1.54, 1.807) is 4.90 Å². The van der Waals surface area contributed by atoms with Crippen molar-refractivity contribution < 1.29 is 4.79 Å². The van der Waals surface area contributed by atoms with Crippen molar-refractivity contribution in [1.82, 2.24) is 19.9 Å². The molecule has 6 nitrogen and oxygen atoms in total. The van der Waals surface area contributed by atoms with Crippen LogP contribution in [0.25, 0.3) is 11.3 Å². The summed E-state index contributed by atoms with van der Waals surface area (Å²) in [5, 5.41) is 14.1. The molecule has 0 aliphatic carbocycles. The van der Waals surface area contributed by atoms with Crippen LogP contribution in [0.1, 0.15) is 6.04 Å². The topological polar surface area (TPSA) is 63.1 Å². The van der Waals surface area contributed by atoms with Crippen LogP contribution in [0.15, 0.2) is 54.0 Å². The fourth-order valence-corrected chi connectivity index (χ4v) is 3.13. The highest BCUT2D eigenvalue weighted by molar-refractivity contribution is 7.14. The summed E-state index contributed by atoms with van der Waals surface area (Å²) in [5.41, 5.74) is 1.90. The number of benzene rings is 1. The lowest BCUT2D eigenvalue weighted by molar-refractivity contribution is 0.127. The summed E-state index contributed by atoms with van der Waals surface area (Å²) in [4.78, 5) is 13.8. The molecule has 1 fully saturated rings. The number of rotatable bonds is 3. The second kappa shape index (κ2) is 5.85. The molecule has 2 aromatic heterocycles. The van der Waals surface area contributed by atoms with E-state index in [-0.39, 0.29) is 12.1 Å². The van der Waals surface area contributed by atoms with Crippen LogP contribution in [-0.4, -0.2) is 39.0 Å². The van der Waals surface area contributed by atoms with Crippen LogP contribution in [0.5, 0.6) is 0 Å². The number of hydrogen-bond donors (Lipinski definition) is 1. The van der Waals surface area contributed by atoms with Crippen LogP contribution < -0.4 is 5.32 Å². The Labute approximate surface area is 137 Å². The molecule has 2 amide bonds. The molecule has 116 valence electrons. The molecule has 23 heavy (non-hydrogen) atoms. The van der Waals surface area contributed by atoms with E-state index in [0.717, 1.165) is 16.3 Å². The summed E-state index contributed by atoms with van der Waals surface area (Å²) < 4.78 is 1.84. The van der Waals surface area contributed by atoms with Crippen molar-refractivity contribution >= 4 is 22.4 Å². The largest absolute Gasteiger partial charge is 0.322 e. The third-order valence-electron chi connectivity index (χ3n) is 3.85. The van der Waals surface area contributed by atoms with E-state index in [0.29, 0.717) is 13.1 Å². The molecule has 3 heterocycles. The van der Waals surface area contributed by atoms with E-state index >= 15 is 0 Å². The van der Waals surface area contributed by atoms with Crippen LogP contribution in [0, 0.1) is 0 Å². The SMILES string of the molecule is O=C(Nc1cccs1)N1CC(n2cc(-c3ccccc3)nn2)C1. The number of hydrogen-bond acceptors (Lipinski definition) is 4. The molecular formula is C16H15N5OS. The lowest BCUT2D eigenvalue weighted by atomic mass is 10.1. The van der Waals surface area contributed by atoms with E-state index in [2.05, 4.69) is 15.6 Å². The first-order valence-corrected chi connectivity index (χ1v) is 8.24. The monoisotopic (exact) mass is 325 g/mol. The average molecular weight is 325 g/mol. The number of aromatic nitrogens is 3. The molecule has 4 rings (SSSR count). The first kappa shape index (κ1) is 14.0. The Hall–Kier alpha value is -2.67. The van der Waals surface area contributed by atoms with Gasteiger partial charge in [0.15, 0.2) is 0 Å². The maximum Gasteiger partial charge on any atom is 0.322 e. The number of nitrogens with one attached hydrogen (secondary N) is 1. The Balaban J connectivity index is 1.37. The molecule has 1 aliphatic rings. The van der Waals surface area contributed by atoms with Crippen molar-refractivity contribution in [3.63, 3.8) is 0 Å². The molecule has 0 bridgehead atoms. The first-order chi connectivity index (χ1) is 11.3. The molecule has 0 unspecified atom stereocenters. The molecule has 1 saturated heterocycles. The minimum atomic E-state index is -0.0629. The number of urea groups is 1. The van der Waals surface area contributed by atoms with Gasteiger partial charge in [0.1, 0.15) is 5.69 Å². The fourth-order valence-electron chi connectivity index (χ4n) is 2.52. The molecule has 3 aromatic rings. The zero-order valence-corrected chi connectivity index (χ0v) is 13.1. The Morgan fingerprint density at radius 1 is 1.17 bits per heavy atom. The number of carbonyl (C=O) groups is 1. The van der Waals surface area contributed by atoms with E-state index in [9.17, 15) is 4.79 Å². The smallest absolute Gasteiger partial charge is 0.320 e. The second-order valence-corrected chi connectivity index (χ2v) is 6.36. The van der Waals surface area contributed by atoms with Gasteiger partial charge in [0.2, 0.25) is 0 Å². The zero-order valence-electron chi connectivity index (χ0n) is 12.3. The van der Waals surface area contributed by atoms with Crippen molar-refractivity contribution in [1.29, 1.82) is 0 Å². The average Bonchev–Trinajstić information content (AvgIpc) is 3.18. The summed E-state index contributed by atoms with van der Waals surface area (Å²) in [5.74, 6) is 0. The van der Waals surface area contributed by atoms with Crippen molar-refractivity contribution in [2.75, 3.05) is 18.4 Å². The molecule has 0 atom stereocenters. The van der Waals surface area contributed by atoms with Crippen molar-refractivity contribution in [2.45, 2.75) is 6.04 Å². The highest BCUT2D eigenvalue weighted by Gasteiger charge is 2.33. The van der Waals surface area contributed by atoms with Gasteiger partial charge in [-0.2, -0.15) is 0 Å². The van der Waals surface area contributed by atoms with Gasteiger partial charge >= 0.3 is 6.03 Å². The Kier molecular flexibility index (Phi) is 3.55. The first-order valence-electron chi connectivity index (χ1n) is 7.36. The minimum Gasteiger partial charge on any atom is -0.320 e. The van der Waals surface area contributed by atoms with Crippen molar-refractivity contribution in [3.8, 4) is 11.3 Å². The zero-order chi connectivity index (χ0) is 15.6. The van der Waals surface area contributed by atoms with Gasteiger partial charge in [-0.3, -0.25) is 5.32 Å². The maximum absolute atomic E-state index is 12.1. The number of carbonyl (C=O) groups excluding carboxylic acids is 1. The molecule has 1 aromatic carbocycles. The normalized spacial score (nSPS) is 14.5. The van der Waals surface area contributed by atoms with Gasteiger partial charge in [-0.15, -0.1) is 16.4 Å². The van der Waals surface area contributed by atoms with Crippen molar-refractivity contribution in [2.24, 2.45) is 0 Å². The Morgan fingerprint density at radius 2 is 2.00 bits per heavy atom. The highest BCUT2D eigenvalue weighted by atomic mass is 32.1. The van der Waals surface area contributed by atoms with Crippen LogP contribution in [0.3, 0.4) is 0 Å². The fraction of sp³-hybridized carbons (Fsp3) is 0.188. The number of amides is 2. The predicted octanol–water partition coefficient (Wildman–Crippen LogP) is 3.10. The Bertz CT molecular complexity index is 793. The van der Waals surface area contributed by atoms with Gasteiger partial charge in [0.05, 0.1) is 17.2 Å². The van der Waals surface area contributed by atoms with Gasteiger partial charge in [-0.25, -0.2) is 9.48 Å². The minimum absolute atomic E-state index is 0.0629. The quantitative estimate of drug-likeness (QED) is 0.805. The van der Waals surface area contributed by atoms with Crippen LogP contribution in [0.4, 0.5) is 9.80 Å². The van der Waals surface area contributed by atoms with Crippen LogP contribution >= 0.6 is 11.3 Å². The summed E-state index contributed by atoms with van der Waals surface area (Å²) in [7, 11) is 0. The van der Waals surface area contributed by atoms with E-state index in [1.807, 2.05) is 58.7 Å². The lowest BCUT2D eigenvalue weighted by Crippen LogP contribution is -2.52. The molecule has 0 spiro atoms. The van der Waals surface area contributed by atoms with Crippen LogP contribution in [-0.2, 0) is 0 Å². The summed E-state index contributed by atoms with van der Waals surface area (Å²) in [6.45, 7) is 1.30. The predicted molar refractivity (Wildman–Crippen MR) is 89.4 cm³/mol. The number of likely N-dealkylation sites (tertiary alicyclic amines) is 1. The Morgan fingerprint density at radius 3 is 2.74 bits per heavy atom. The second-order valence-electron chi connectivity index (χ2n) is 5.42. The standard InChI is InChI=1S/C16H15N5OS/c22-16(17-15-7-4-8-23-15)20-9-13(10-20)21-11-14(18-19-21)12-5-2-1-3-6-12/h1-8,11,13H,9-10H2,(H,17,22). The summed E-state index contributed by atoms with van der Waals surface area (Å²) >= 11 is 1.52. The molecule has 0 radical (unpaired) electrons. The number of nitrogens with zero attached hydrogens (tertiary/aromatic N) is 4.